The van der Waals surface area contributed by atoms with Gasteiger partial charge >= 0.3 is 0 Å². The van der Waals surface area contributed by atoms with Gasteiger partial charge in [-0.15, -0.1) is 0 Å². The summed E-state index contributed by atoms with van der Waals surface area (Å²) >= 11 is 0. The molecule has 0 aliphatic carbocycles. The Balaban J connectivity index is 2.67. The molecule has 1 fully saturated rings. The average Bonchev–Trinajstić information content (AvgIpc) is 2.46. The number of rotatable bonds is 7. The van der Waals surface area contributed by atoms with Crippen LogP contribution >= 0.6 is 0 Å². The number of hydrogen-bond donors (Lipinski definition) is 0. The van der Waals surface area contributed by atoms with Crippen LogP contribution in [0.5, 0.6) is 0 Å². The molecule has 0 radical (unpaired) electrons. The summed E-state index contributed by atoms with van der Waals surface area (Å²) in [6, 6.07) is 0. The Kier molecular flexibility index (Phi) is 7.31. The van der Waals surface area contributed by atoms with Crippen LogP contribution in [0.4, 0.5) is 0 Å². The highest BCUT2D eigenvalue weighted by Gasteiger charge is 2.25. The quantitative estimate of drug-likeness (QED) is 0.667. The smallest absolute Gasteiger partial charge is 0.254 e. The molecular formula is C17H28N2O. The fourth-order valence-electron chi connectivity index (χ4n) is 2.62. The van der Waals surface area contributed by atoms with Gasteiger partial charge in [-0.3, -0.25) is 4.79 Å². The lowest BCUT2D eigenvalue weighted by atomic mass is 9.96. The molecule has 1 saturated heterocycles. The van der Waals surface area contributed by atoms with Crippen molar-refractivity contribution in [3.63, 3.8) is 0 Å². The molecule has 0 aromatic carbocycles. The second-order valence-electron chi connectivity index (χ2n) is 5.11. The fraction of sp³-hybridized carbons (Fsp3) is 0.588. The third-order valence-electron chi connectivity index (χ3n) is 3.82. The largest absolute Gasteiger partial charge is 0.337 e. The van der Waals surface area contributed by atoms with E-state index in [0.29, 0.717) is 0 Å². The van der Waals surface area contributed by atoms with Crippen molar-refractivity contribution in [1.29, 1.82) is 0 Å². The number of hydrogen-bond acceptors (Lipinski definition) is 2. The molecule has 0 aromatic rings. The van der Waals surface area contributed by atoms with Gasteiger partial charge in [0.1, 0.15) is 0 Å². The standard InChI is InChI=1S/C17H28N2O/c1-5-9-16-15(7-3)10-12-19(17(16)20)14-13-18(8-4)11-6-2/h5,7,9H,1,6,8,10-14H2,2-4H3/b15-7-,16-9+. The first-order chi connectivity index (χ1) is 9.67. The van der Waals surface area contributed by atoms with Crippen LogP contribution in [0.15, 0.2) is 36.0 Å². The van der Waals surface area contributed by atoms with E-state index in [1.54, 1.807) is 6.08 Å². The summed E-state index contributed by atoms with van der Waals surface area (Å²) in [6.07, 6.45) is 7.69. The Morgan fingerprint density at radius 3 is 2.65 bits per heavy atom. The van der Waals surface area contributed by atoms with Gasteiger partial charge in [0, 0.05) is 25.2 Å². The van der Waals surface area contributed by atoms with Gasteiger partial charge in [-0.05, 0) is 44.5 Å². The van der Waals surface area contributed by atoms with Crippen molar-refractivity contribution in [3.8, 4) is 0 Å². The van der Waals surface area contributed by atoms with E-state index in [-0.39, 0.29) is 5.91 Å². The number of piperidine rings is 1. The maximum absolute atomic E-state index is 12.5. The van der Waals surface area contributed by atoms with Crippen molar-refractivity contribution in [1.82, 2.24) is 9.80 Å². The zero-order chi connectivity index (χ0) is 15.0. The van der Waals surface area contributed by atoms with Gasteiger partial charge in [-0.25, -0.2) is 0 Å². The van der Waals surface area contributed by atoms with E-state index in [4.69, 9.17) is 0 Å². The first kappa shape index (κ1) is 16.7. The van der Waals surface area contributed by atoms with Gasteiger partial charge in [0.15, 0.2) is 0 Å². The molecule has 0 bridgehead atoms. The topological polar surface area (TPSA) is 23.6 Å². The molecular weight excluding hydrogens is 248 g/mol. The van der Waals surface area contributed by atoms with Crippen LogP contribution in [-0.4, -0.2) is 48.4 Å². The van der Waals surface area contributed by atoms with Crippen LogP contribution in [0.3, 0.4) is 0 Å². The molecule has 0 spiro atoms. The molecule has 0 saturated carbocycles. The van der Waals surface area contributed by atoms with E-state index in [9.17, 15) is 4.79 Å². The highest BCUT2D eigenvalue weighted by molar-refractivity contribution is 5.99. The van der Waals surface area contributed by atoms with E-state index in [1.165, 1.54) is 0 Å². The Labute approximate surface area is 123 Å². The minimum Gasteiger partial charge on any atom is -0.337 e. The SMILES string of the molecule is C=C/C=C1/C(=O)N(CCN(CC)CCC)CC/C1=C/C. The Hall–Kier alpha value is -1.35. The Morgan fingerprint density at radius 1 is 1.35 bits per heavy atom. The van der Waals surface area contributed by atoms with Crippen molar-refractivity contribution >= 4 is 5.91 Å². The van der Waals surface area contributed by atoms with E-state index < -0.39 is 0 Å². The summed E-state index contributed by atoms with van der Waals surface area (Å²) in [6.45, 7) is 14.8. The van der Waals surface area contributed by atoms with Crippen molar-refractivity contribution in [2.75, 3.05) is 32.7 Å². The molecule has 1 aliphatic rings. The Morgan fingerprint density at radius 2 is 2.10 bits per heavy atom. The molecule has 1 amide bonds. The normalized spacial score (nSPS) is 20.2. The summed E-state index contributed by atoms with van der Waals surface area (Å²) in [5, 5.41) is 0. The van der Waals surface area contributed by atoms with Crippen molar-refractivity contribution < 1.29 is 4.79 Å². The molecule has 1 aliphatic heterocycles. The number of likely N-dealkylation sites (tertiary alicyclic amines) is 1. The van der Waals surface area contributed by atoms with Gasteiger partial charge in [0.05, 0.1) is 0 Å². The van der Waals surface area contributed by atoms with E-state index in [0.717, 1.165) is 56.7 Å². The second-order valence-corrected chi connectivity index (χ2v) is 5.11. The van der Waals surface area contributed by atoms with Crippen LogP contribution in [0.25, 0.3) is 0 Å². The molecule has 0 aromatic heterocycles. The summed E-state index contributed by atoms with van der Waals surface area (Å²) in [4.78, 5) is 16.9. The number of carbonyl (C=O) groups is 1. The van der Waals surface area contributed by atoms with Crippen LogP contribution in [0, 0.1) is 0 Å². The number of carbonyl (C=O) groups excluding carboxylic acids is 1. The first-order valence-corrected chi connectivity index (χ1v) is 7.67. The van der Waals surface area contributed by atoms with E-state index >= 15 is 0 Å². The molecule has 3 nitrogen and oxygen atoms in total. The van der Waals surface area contributed by atoms with Gasteiger partial charge in [-0.2, -0.15) is 0 Å². The molecule has 0 N–H and O–H groups in total. The molecule has 1 rings (SSSR count). The highest BCUT2D eigenvalue weighted by Crippen LogP contribution is 2.23. The zero-order valence-corrected chi connectivity index (χ0v) is 13.2. The van der Waals surface area contributed by atoms with Crippen molar-refractivity contribution in [2.24, 2.45) is 0 Å². The highest BCUT2D eigenvalue weighted by atomic mass is 16.2. The second kappa shape index (κ2) is 8.75. The van der Waals surface area contributed by atoms with Crippen molar-refractivity contribution in [2.45, 2.75) is 33.6 Å². The van der Waals surface area contributed by atoms with Crippen LogP contribution in [0.2, 0.25) is 0 Å². The third kappa shape index (κ3) is 4.34. The van der Waals surface area contributed by atoms with Crippen molar-refractivity contribution in [3.05, 3.63) is 36.0 Å². The predicted molar refractivity (Wildman–Crippen MR) is 85.6 cm³/mol. The predicted octanol–water partition coefficient (Wildman–Crippen LogP) is 3.01. The summed E-state index contributed by atoms with van der Waals surface area (Å²) in [5.74, 6) is 0.150. The lowest BCUT2D eigenvalue weighted by Gasteiger charge is -2.32. The number of likely N-dealkylation sites (N-methyl/N-ethyl adjacent to an activating group) is 1. The van der Waals surface area contributed by atoms with Crippen LogP contribution in [-0.2, 0) is 4.79 Å². The molecule has 0 unspecified atom stereocenters. The van der Waals surface area contributed by atoms with Gasteiger partial charge in [0.25, 0.3) is 5.91 Å². The molecule has 1 heterocycles. The number of allylic oxidation sites excluding steroid dienone is 3. The monoisotopic (exact) mass is 276 g/mol. The van der Waals surface area contributed by atoms with Crippen LogP contribution in [0.1, 0.15) is 33.6 Å². The van der Waals surface area contributed by atoms with Crippen LogP contribution < -0.4 is 0 Å². The third-order valence-corrected chi connectivity index (χ3v) is 3.82. The first-order valence-electron chi connectivity index (χ1n) is 7.67. The molecule has 20 heavy (non-hydrogen) atoms. The molecule has 3 heteroatoms. The minimum atomic E-state index is 0.150. The lowest BCUT2D eigenvalue weighted by molar-refractivity contribution is -0.128. The fourth-order valence-corrected chi connectivity index (χ4v) is 2.62. The summed E-state index contributed by atoms with van der Waals surface area (Å²) in [5.41, 5.74) is 1.96. The maximum atomic E-state index is 12.5. The molecule has 0 atom stereocenters. The molecule has 112 valence electrons. The zero-order valence-electron chi connectivity index (χ0n) is 13.2. The number of nitrogens with zero attached hydrogens (tertiary/aromatic N) is 2. The minimum absolute atomic E-state index is 0.150. The summed E-state index contributed by atoms with van der Waals surface area (Å²) in [7, 11) is 0. The van der Waals surface area contributed by atoms with Gasteiger partial charge in [-0.1, -0.05) is 32.6 Å². The summed E-state index contributed by atoms with van der Waals surface area (Å²) < 4.78 is 0. The van der Waals surface area contributed by atoms with E-state index in [1.807, 2.05) is 24.0 Å². The Bertz CT molecular complexity index is 396. The number of amides is 1. The van der Waals surface area contributed by atoms with E-state index in [2.05, 4.69) is 25.3 Å². The van der Waals surface area contributed by atoms with Gasteiger partial charge in [0.2, 0.25) is 0 Å². The van der Waals surface area contributed by atoms with Gasteiger partial charge < -0.3 is 9.80 Å². The maximum Gasteiger partial charge on any atom is 0.254 e. The lowest BCUT2D eigenvalue weighted by Crippen LogP contribution is -2.43. The average molecular weight is 276 g/mol.